The number of carbonyl (C=O) groups excluding carboxylic acids is 8. The Bertz CT molecular complexity index is 6850. The van der Waals surface area contributed by atoms with Crippen molar-refractivity contribution in [2.45, 2.75) is 67.3 Å². The Kier molecular flexibility index (Phi) is 25.3. The van der Waals surface area contributed by atoms with Crippen molar-refractivity contribution in [1.82, 2.24) is 4.98 Å². The minimum Gasteiger partial charge on any atom is -0.406 e. The molecule has 42 heteroatoms. The summed E-state index contributed by atoms with van der Waals surface area (Å²) in [5.41, 5.74) is -1.48. The highest BCUT2D eigenvalue weighted by Crippen LogP contribution is 2.79. The van der Waals surface area contributed by atoms with Crippen molar-refractivity contribution in [2.24, 2.45) is 46.3 Å². The van der Waals surface area contributed by atoms with Crippen LogP contribution in [0.5, 0.6) is 28.7 Å². The molecule has 722 valence electrons. The van der Waals surface area contributed by atoms with E-state index in [1.807, 2.05) is 55.5 Å². The molecule has 8 amide bonds. The predicted octanol–water partition coefficient (Wildman–Crippen LogP) is 24.9. The van der Waals surface area contributed by atoms with E-state index in [0.29, 0.717) is 54.7 Å². The molecular weight excluding hydrogens is 2050 g/mol. The molecule has 4 aliphatic carbocycles. The number of anilines is 4. The predicted molar refractivity (Wildman–Crippen MR) is 484 cm³/mol. The number of carbonyl (C=O) groups is 8. The van der Waals surface area contributed by atoms with Crippen molar-refractivity contribution in [1.29, 1.82) is 5.26 Å². The van der Waals surface area contributed by atoms with Crippen molar-refractivity contribution in [2.75, 3.05) is 19.6 Å². The number of nitriles is 1. The maximum Gasteiger partial charge on any atom is 0.573 e. The number of pyridine rings is 1. The van der Waals surface area contributed by atoms with E-state index in [-0.39, 0.29) is 59.0 Å². The van der Waals surface area contributed by atoms with Gasteiger partial charge in [-0.1, -0.05) is 196 Å². The number of hydrogen-bond acceptors (Lipinski definition) is 15. The van der Waals surface area contributed by atoms with Crippen molar-refractivity contribution in [3.8, 4) is 34.8 Å². The molecule has 1 unspecified atom stereocenters. The first-order chi connectivity index (χ1) is 66.3. The number of ether oxygens (including phenoxy) is 5. The Labute approximate surface area is 827 Å². The molecule has 8 fully saturated rings. The van der Waals surface area contributed by atoms with Crippen LogP contribution in [-0.2, 0) is 60.0 Å². The normalized spacial score (nSPS) is 23.1. The first kappa shape index (κ1) is 99.5. The largest absolute Gasteiger partial charge is 0.573 e. The standard InChI is InChI=1S/C26H15Cl2F6NO4.C25H13Cl2F6NO4.C25H13Cl2F3N2O3.C23H16Cl2N2O2/c1-23-20(21(36)35(22(23)37)17-11-15(27)10-16(28)12-17)24(23,13-2-6-18(7-3-13)38-25(29,30)31)14-4-8-19(9-5-14)39-26(32,33)34;26-14-9-15(27)11-16(10-14)34-21(35)19-20(22(34)36)23(19,12-1-5-17(6-2-12)37-24(28,29)30)13-3-7-18(8-4-13)38-25(31,32)33;26-16-9-17(27)11-18(10-16)32-22(33)20-21(23(32)34)24(20,14-3-1-13(12-31)2-4-14)15-5-7-19(8-6-15)35-25(28,29)30;1-22-19(20(28)27(21(22)29)18-12-16(24)11-17(25)13-18)23(22,14-5-3-2-4-6-14)15-7-9-26-10-8-15/h2-12,20H,1H3;1-11,19-20H;1-11,20-21H;2-13,19H,1H3/t20-,23-;19-,20+;20-,21+,24?;19-,22-,23+/m1..1/s1. The molecule has 0 spiro atoms. The molecule has 0 N–H and O–H groups in total. The van der Waals surface area contributed by atoms with Crippen molar-refractivity contribution >= 4 is 163 Å². The van der Waals surface area contributed by atoms with Crippen molar-refractivity contribution in [3.63, 3.8) is 0 Å². The molecule has 10 atom stereocenters. The van der Waals surface area contributed by atoms with Crippen LogP contribution in [0.2, 0.25) is 40.2 Å². The molecule has 19 nitrogen and oxygen atoms in total. The fourth-order valence-corrected chi connectivity index (χ4v) is 23.0. The number of aromatic nitrogens is 1. The third-order valence-corrected chi connectivity index (χ3v) is 27.9. The van der Waals surface area contributed by atoms with E-state index < -0.39 is 164 Å². The Hall–Kier alpha value is -13.1. The first-order valence-electron chi connectivity index (χ1n) is 41.4. The molecule has 12 aromatic rings. The molecule has 8 aliphatic rings. The number of piperidine rings is 4. The smallest absolute Gasteiger partial charge is 0.406 e. The van der Waals surface area contributed by atoms with Gasteiger partial charge in [0.1, 0.15) is 28.7 Å². The second kappa shape index (κ2) is 35.8. The second-order valence-electron chi connectivity index (χ2n) is 33.7. The zero-order valence-corrected chi connectivity index (χ0v) is 77.2. The van der Waals surface area contributed by atoms with Crippen LogP contribution >= 0.6 is 92.8 Å². The van der Waals surface area contributed by atoms with Gasteiger partial charge in [-0.2, -0.15) is 5.26 Å². The summed E-state index contributed by atoms with van der Waals surface area (Å²) in [5, 5.41) is 11.1. The summed E-state index contributed by atoms with van der Waals surface area (Å²) in [4.78, 5) is 117. The lowest BCUT2D eigenvalue weighted by atomic mass is 9.79. The van der Waals surface area contributed by atoms with Crippen LogP contribution < -0.4 is 43.3 Å². The topological polar surface area (TPSA) is 232 Å². The summed E-state index contributed by atoms with van der Waals surface area (Å²) in [6, 6.07) is 63.1. The SMILES string of the molecule is C[C@]12C(=O)N(c3cc(Cl)cc(Cl)c3)C(=O)[C@H]1C2(c1ccc(OC(F)(F)F)cc1)c1ccc(OC(F)(F)F)cc1.C[C@]12C(=O)N(c3cc(Cl)cc(Cl)c3)C(=O)[C@H]1[C@]2(c1ccccc1)c1ccncc1.N#Cc1ccc(C2(c3ccc(OC(F)(F)F)cc3)[C@@H]3C(=O)N(c4cc(Cl)cc(Cl)c4)C(=O)[C@@H]32)cc1.O=C1[C@@H]2[C@H](C(=O)N1c1cc(Cl)cc(Cl)c1)C2(c1ccc(OC(F)(F)F)cc1)c1ccc(OC(F)(F)F)cc1. The lowest BCUT2D eigenvalue weighted by Crippen LogP contribution is -2.42. The Morgan fingerprint density at radius 1 is 0.284 bits per heavy atom. The quantitative estimate of drug-likeness (QED) is 0.0609. The van der Waals surface area contributed by atoms with Crippen molar-refractivity contribution in [3.05, 3.63) is 363 Å². The Balaban J connectivity index is 0.000000130. The van der Waals surface area contributed by atoms with Crippen LogP contribution in [-0.4, -0.2) is 84.1 Å². The van der Waals surface area contributed by atoms with E-state index in [0.717, 1.165) is 86.5 Å². The number of fused-ring (bicyclic) bond motifs is 4. The van der Waals surface area contributed by atoms with Gasteiger partial charge in [0.2, 0.25) is 47.3 Å². The molecular formula is C99H57Cl8F15N6O13. The molecule has 1 aromatic heterocycles. The third kappa shape index (κ3) is 17.5. The number of rotatable bonds is 17. The number of halogens is 23. The molecule has 0 bridgehead atoms. The molecule has 4 saturated heterocycles. The maximum atomic E-state index is 13.8. The fraction of sp³-hybridized carbons (Fsp3) is 0.192. The van der Waals surface area contributed by atoms with E-state index in [1.165, 1.54) is 127 Å². The van der Waals surface area contributed by atoms with E-state index in [9.17, 15) is 104 Å². The lowest BCUT2D eigenvalue weighted by Gasteiger charge is -2.30. The number of hydrogen-bond donors (Lipinski definition) is 0. The molecule has 141 heavy (non-hydrogen) atoms. The van der Waals surface area contributed by atoms with Crippen LogP contribution in [0.3, 0.4) is 0 Å². The molecule has 4 saturated carbocycles. The lowest BCUT2D eigenvalue weighted by molar-refractivity contribution is -0.275. The average Bonchev–Trinajstić information content (AvgIpc) is 1.44. The average molecular weight is 2110 g/mol. The van der Waals surface area contributed by atoms with Gasteiger partial charge in [-0.05, 0) is 216 Å². The summed E-state index contributed by atoms with van der Waals surface area (Å²) >= 11 is 48.5. The number of imide groups is 4. The molecule has 11 aromatic carbocycles. The van der Waals surface area contributed by atoms with Gasteiger partial charge in [0, 0.05) is 74.2 Å². The number of nitrogens with zero attached hydrogens (tertiary/aromatic N) is 6. The molecule has 5 heterocycles. The highest BCUT2D eigenvalue weighted by atomic mass is 35.5. The first-order valence-corrected chi connectivity index (χ1v) is 44.4. The van der Waals surface area contributed by atoms with Crippen LogP contribution in [0, 0.1) is 57.7 Å². The highest BCUT2D eigenvalue weighted by molar-refractivity contribution is 6.40. The Morgan fingerprint density at radius 3 is 0.716 bits per heavy atom. The zero-order valence-electron chi connectivity index (χ0n) is 71.1. The summed E-state index contributed by atoms with van der Waals surface area (Å²) in [6.07, 6.45) is -21.2. The van der Waals surface area contributed by atoms with E-state index in [4.69, 9.17) is 98.1 Å². The minimum absolute atomic E-state index is 0.132. The van der Waals surface area contributed by atoms with Gasteiger partial charge in [-0.15, -0.1) is 65.9 Å². The highest BCUT2D eigenvalue weighted by Gasteiger charge is 2.89. The number of alkyl halides is 15. The molecule has 20 rings (SSSR count). The van der Waals surface area contributed by atoms with Gasteiger partial charge in [0.05, 0.1) is 80.7 Å². The summed E-state index contributed by atoms with van der Waals surface area (Å²) in [6.45, 7) is 3.39. The minimum atomic E-state index is -4.94. The third-order valence-electron chi connectivity index (χ3n) is 26.1. The summed E-state index contributed by atoms with van der Waals surface area (Å²) in [7, 11) is 0. The molecule has 4 aliphatic heterocycles. The fourth-order valence-electron chi connectivity index (χ4n) is 20.9. The van der Waals surface area contributed by atoms with E-state index in [2.05, 4.69) is 28.7 Å². The monoisotopic (exact) mass is 2100 g/mol. The molecule has 0 radical (unpaired) electrons. The van der Waals surface area contributed by atoms with Crippen LogP contribution in [0.25, 0.3) is 0 Å². The Morgan fingerprint density at radius 2 is 0.496 bits per heavy atom. The number of benzene rings is 11. The van der Waals surface area contributed by atoms with Crippen LogP contribution in [0.15, 0.2) is 273 Å². The maximum absolute atomic E-state index is 13.8. The number of amides is 8. The van der Waals surface area contributed by atoms with Gasteiger partial charge in [-0.3, -0.25) is 43.3 Å². The summed E-state index contributed by atoms with van der Waals surface area (Å²) < 4.78 is 209. The second-order valence-corrected chi connectivity index (χ2v) is 37.2. The van der Waals surface area contributed by atoms with Crippen LogP contribution in [0.1, 0.15) is 63.9 Å². The van der Waals surface area contributed by atoms with Crippen LogP contribution in [0.4, 0.5) is 88.6 Å². The van der Waals surface area contributed by atoms with Crippen molar-refractivity contribution < 1.29 is 128 Å². The van der Waals surface area contributed by atoms with Gasteiger partial charge < -0.3 is 23.7 Å². The van der Waals surface area contributed by atoms with Gasteiger partial charge in [0.25, 0.3) is 0 Å². The van der Waals surface area contributed by atoms with Gasteiger partial charge in [-0.25, -0.2) is 19.6 Å². The van der Waals surface area contributed by atoms with E-state index >= 15 is 0 Å². The van der Waals surface area contributed by atoms with Gasteiger partial charge in [0.15, 0.2) is 0 Å². The van der Waals surface area contributed by atoms with E-state index in [1.54, 1.807) is 54.9 Å². The zero-order chi connectivity index (χ0) is 102. The van der Waals surface area contributed by atoms with Gasteiger partial charge >= 0.3 is 31.8 Å². The summed E-state index contributed by atoms with van der Waals surface area (Å²) in [5.74, 6) is -11.6.